The van der Waals surface area contributed by atoms with E-state index < -0.39 is 17.8 Å². The first-order valence-electron chi connectivity index (χ1n) is 15.3. The number of pyridine rings is 1. The lowest BCUT2D eigenvalue weighted by Gasteiger charge is -2.57. The largest absolute Gasteiger partial charge is 0.335 e. The molecule has 4 bridgehead atoms. The number of aryl methyl sites for hydroxylation is 1. The van der Waals surface area contributed by atoms with E-state index in [4.69, 9.17) is 0 Å². The predicted octanol–water partition coefficient (Wildman–Crippen LogP) is 6.78. The highest BCUT2D eigenvalue weighted by atomic mass is 16.2. The van der Waals surface area contributed by atoms with Crippen molar-refractivity contribution in [2.75, 3.05) is 4.90 Å². The Hall–Kier alpha value is -4.52. The third-order valence-electron chi connectivity index (χ3n) is 10.5. The highest BCUT2D eigenvalue weighted by Gasteiger charge is 2.51. The van der Waals surface area contributed by atoms with Crippen LogP contribution in [0.3, 0.4) is 0 Å². The first-order valence-corrected chi connectivity index (χ1v) is 15.3. The first kappa shape index (κ1) is 26.1. The maximum Gasteiger partial charge on any atom is 0.335 e. The van der Waals surface area contributed by atoms with Gasteiger partial charge in [-0.1, -0.05) is 18.2 Å². The second kappa shape index (κ2) is 9.49. The molecule has 0 atom stereocenters. The SMILES string of the molecule is Cc1cc(C=C2C(=O)NC(=O)N(c3ccc(C45CC6CC(CC(C6)C4)C5)cc3)C2=O)c(C)n1-c1ccc2ncccc2c1. The number of hydrogen-bond acceptors (Lipinski definition) is 4. The van der Waals surface area contributed by atoms with Crippen molar-refractivity contribution in [1.29, 1.82) is 0 Å². The van der Waals surface area contributed by atoms with Crippen molar-refractivity contribution >= 4 is 40.5 Å². The quantitative estimate of drug-likeness (QED) is 0.217. The van der Waals surface area contributed by atoms with Gasteiger partial charge in [-0.2, -0.15) is 0 Å². The number of hydrogen-bond donors (Lipinski definition) is 1. The van der Waals surface area contributed by atoms with E-state index in [1.54, 1.807) is 12.3 Å². The number of fused-ring (bicyclic) bond motifs is 1. The van der Waals surface area contributed by atoms with Gasteiger partial charge in [-0.05, 0) is 135 Å². The minimum Gasteiger partial charge on any atom is -0.318 e. The van der Waals surface area contributed by atoms with Crippen LogP contribution in [0, 0.1) is 31.6 Å². The van der Waals surface area contributed by atoms with Crippen LogP contribution in [0.2, 0.25) is 0 Å². The number of carbonyl (C=O) groups is 3. The lowest BCUT2D eigenvalue weighted by Crippen LogP contribution is -2.54. The third-order valence-corrected chi connectivity index (χ3v) is 10.5. The summed E-state index contributed by atoms with van der Waals surface area (Å²) in [6.45, 7) is 3.95. The van der Waals surface area contributed by atoms with Crippen LogP contribution in [0.4, 0.5) is 10.5 Å². The normalized spacial score (nSPS) is 27.4. The van der Waals surface area contributed by atoms with Crippen LogP contribution in [-0.2, 0) is 15.0 Å². The molecule has 5 fully saturated rings. The van der Waals surface area contributed by atoms with Crippen LogP contribution in [0.5, 0.6) is 0 Å². The average Bonchev–Trinajstić information content (AvgIpc) is 3.26. The van der Waals surface area contributed by atoms with E-state index in [1.807, 2.05) is 56.3 Å². The third kappa shape index (κ3) is 4.16. The van der Waals surface area contributed by atoms with Crippen molar-refractivity contribution in [2.45, 2.75) is 57.8 Å². The second-order valence-electron chi connectivity index (χ2n) is 13.2. The monoisotopic (exact) mass is 570 g/mol. The number of nitrogens with zero attached hydrogens (tertiary/aromatic N) is 3. The van der Waals surface area contributed by atoms with E-state index in [-0.39, 0.29) is 11.0 Å². The number of amides is 4. The molecule has 4 aromatic rings. The molecule has 3 heterocycles. The number of barbiturate groups is 1. The zero-order chi connectivity index (χ0) is 29.5. The number of rotatable bonds is 4. The van der Waals surface area contributed by atoms with Gasteiger partial charge in [-0.3, -0.25) is 19.9 Å². The topological polar surface area (TPSA) is 84.3 Å². The Morgan fingerprint density at radius 3 is 2.23 bits per heavy atom. The number of nitrogens with one attached hydrogen (secondary N) is 1. The number of urea groups is 1. The highest BCUT2D eigenvalue weighted by Crippen LogP contribution is 2.60. The molecule has 4 amide bonds. The zero-order valence-electron chi connectivity index (χ0n) is 24.5. The van der Waals surface area contributed by atoms with Crippen LogP contribution in [-0.4, -0.2) is 27.4 Å². The van der Waals surface area contributed by atoms with Gasteiger partial charge in [0, 0.05) is 28.7 Å². The molecule has 1 N–H and O–H groups in total. The second-order valence-corrected chi connectivity index (χ2v) is 13.2. The molecule has 1 aliphatic heterocycles. The van der Waals surface area contributed by atoms with E-state index in [1.165, 1.54) is 44.1 Å². The minimum absolute atomic E-state index is 0.0623. The standard InChI is InChI=1S/C36H34N4O3/c1-21-12-27(22(2)39(21)30-9-10-32-26(16-30)4-3-11-37-32)17-31-33(41)38-35(43)40(34(31)42)29-7-5-28(6-8-29)36-18-23-13-24(19-36)15-25(14-23)20-36/h3-12,16-17,23-25H,13-15,18-20H2,1-2H3,(H,38,41,43). The molecule has 0 unspecified atom stereocenters. The summed E-state index contributed by atoms with van der Waals surface area (Å²) in [4.78, 5) is 45.2. The molecule has 0 spiro atoms. The highest BCUT2D eigenvalue weighted by molar-refractivity contribution is 6.39. The van der Waals surface area contributed by atoms with Gasteiger partial charge in [-0.25, -0.2) is 9.69 Å². The fourth-order valence-corrected chi connectivity index (χ4v) is 9.01. The summed E-state index contributed by atoms with van der Waals surface area (Å²) in [5.74, 6) is 1.20. The molecule has 4 aliphatic carbocycles. The maximum absolute atomic E-state index is 13.7. The summed E-state index contributed by atoms with van der Waals surface area (Å²) in [5, 5.41) is 3.42. The molecular formula is C36H34N4O3. The predicted molar refractivity (Wildman–Crippen MR) is 166 cm³/mol. The molecule has 2 aromatic heterocycles. The molecular weight excluding hydrogens is 536 g/mol. The molecule has 1 saturated heterocycles. The van der Waals surface area contributed by atoms with Crippen LogP contribution < -0.4 is 10.2 Å². The van der Waals surface area contributed by atoms with Crippen LogP contribution in [0.1, 0.15) is 61.0 Å². The lowest BCUT2D eigenvalue weighted by molar-refractivity contribution is -0.122. The molecule has 216 valence electrons. The fraction of sp³-hybridized carbons (Fsp3) is 0.333. The van der Waals surface area contributed by atoms with Gasteiger partial charge in [0.15, 0.2) is 0 Å². The van der Waals surface area contributed by atoms with E-state index in [9.17, 15) is 14.4 Å². The Labute approximate surface area is 250 Å². The molecule has 9 rings (SSSR count). The van der Waals surface area contributed by atoms with Crippen molar-refractivity contribution in [3.8, 4) is 5.69 Å². The van der Waals surface area contributed by atoms with E-state index >= 15 is 0 Å². The molecule has 0 radical (unpaired) electrons. The Balaban J connectivity index is 1.10. The summed E-state index contributed by atoms with van der Waals surface area (Å²) >= 11 is 0. The Morgan fingerprint density at radius 1 is 0.860 bits per heavy atom. The van der Waals surface area contributed by atoms with E-state index in [2.05, 4.69) is 33.1 Å². The molecule has 7 nitrogen and oxygen atoms in total. The lowest BCUT2D eigenvalue weighted by atomic mass is 9.48. The average molecular weight is 571 g/mol. The first-order chi connectivity index (χ1) is 20.8. The van der Waals surface area contributed by atoms with Crippen molar-refractivity contribution in [2.24, 2.45) is 17.8 Å². The van der Waals surface area contributed by atoms with Gasteiger partial charge in [0.05, 0.1) is 11.2 Å². The minimum atomic E-state index is -0.718. The zero-order valence-corrected chi connectivity index (χ0v) is 24.5. The van der Waals surface area contributed by atoms with Crippen molar-refractivity contribution in [1.82, 2.24) is 14.9 Å². The van der Waals surface area contributed by atoms with E-state index in [0.717, 1.165) is 56.2 Å². The number of imide groups is 2. The molecule has 4 saturated carbocycles. The van der Waals surface area contributed by atoms with Crippen LogP contribution in [0.25, 0.3) is 22.7 Å². The number of carbonyl (C=O) groups excluding carboxylic acids is 3. The van der Waals surface area contributed by atoms with Crippen LogP contribution in [0.15, 0.2) is 72.4 Å². The maximum atomic E-state index is 13.7. The van der Waals surface area contributed by atoms with Gasteiger partial charge < -0.3 is 4.57 Å². The number of benzene rings is 2. The van der Waals surface area contributed by atoms with Gasteiger partial charge in [0.2, 0.25) is 0 Å². The number of anilines is 1. The van der Waals surface area contributed by atoms with Gasteiger partial charge in [0.25, 0.3) is 11.8 Å². The smallest absolute Gasteiger partial charge is 0.318 e. The summed E-state index contributed by atoms with van der Waals surface area (Å²) in [5.41, 5.74) is 6.44. The van der Waals surface area contributed by atoms with Crippen molar-refractivity contribution in [3.63, 3.8) is 0 Å². The Morgan fingerprint density at radius 2 is 1.53 bits per heavy atom. The Bertz CT molecular complexity index is 1830. The number of aromatic nitrogens is 2. The van der Waals surface area contributed by atoms with Gasteiger partial charge in [0.1, 0.15) is 5.57 Å². The summed E-state index contributed by atoms with van der Waals surface area (Å²) < 4.78 is 2.09. The summed E-state index contributed by atoms with van der Waals surface area (Å²) in [6.07, 6.45) is 11.3. The molecule has 2 aromatic carbocycles. The van der Waals surface area contributed by atoms with Gasteiger partial charge >= 0.3 is 6.03 Å². The molecule has 7 heteroatoms. The summed E-state index contributed by atoms with van der Waals surface area (Å²) in [7, 11) is 0. The van der Waals surface area contributed by atoms with Gasteiger partial charge in [-0.15, -0.1) is 0 Å². The summed E-state index contributed by atoms with van der Waals surface area (Å²) in [6, 6.07) is 19.2. The van der Waals surface area contributed by atoms with Crippen molar-refractivity contribution in [3.05, 3.63) is 94.9 Å². The van der Waals surface area contributed by atoms with Crippen LogP contribution >= 0.6 is 0 Å². The Kier molecular flexibility index (Phi) is 5.77. The fourth-order valence-electron chi connectivity index (χ4n) is 9.01. The molecule has 43 heavy (non-hydrogen) atoms. The van der Waals surface area contributed by atoms with E-state index in [0.29, 0.717) is 5.69 Å². The molecule has 5 aliphatic rings. The van der Waals surface area contributed by atoms with Crippen molar-refractivity contribution < 1.29 is 14.4 Å².